The SMILES string of the molecule is Cl.NCC1CCCC2(C1)OCCO2. The normalized spacial score (nSPS) is 31.6. The second kappa shape index (κ2) is 4.60. The van der Waals surface area contributed by atoms with E-state index >= 15 is 0 Å². The molecule has 0 amide bonds. The molecule has 0 aromatic carbocycles. The van der Waals surface area contributed by atoms with Crippen LogP contribution in [0.2, 0.25) is 0 Å². The second-order valence-electron chi connectivity index (χ2n) is 3.81. The van der Waals surface area contributed by atoms with Crippen LogP contribution < -0.4 is 5.73 Å². The van der Waals surface area contributed by atoms with E-state index in [0.29, 0.717) is 5.92 Å². The summed E-state index contributed by atoms with van der Waals surface area (Å²) in [6.45, 7) is 2.29. The molecule has 1 saturated carbocycles. The summed E-state index contributed by atoms with van der Waals surface area (Å²) in [7, 11) is 0. The Hall–Kier alpha value is 0.170. The van der Waals surface area contributed by atoms with E-state index in [1.165, 1.54) is 12.8 Å². The highest BCUT2D eigenvalue weighted by Gasteiger charge is 2.40. The molecular formula is C9H18ClNO2. The molecule has 13 heavy (non-hydrogen) atoms. The van der Waals surface area contributed by atoms with Crippen LogP contribution in [0.3, 0.4) is 0 Å². The maximum absolute atomic E-state index is 5.64. The van der Waals surface area contributed by atoms with Gasteiger partial charge >= 0.3 is 0 Å². The lowest BCUT2D eigenvalue weighted by atomic mass is 9.85. The van der Waals surface area contributed by atoms with Gasteiger partial charge in [-0.25, -0.2) is 0 Å². The standard InChI is InChI=1S/C9H17NO2.ClH/c10-7-8-2-1-3-9(6-8)11-4-5-12-9;/h8H,1-7,10H2;1H. The van der Waals surface area contributed by atoms with Gasteiger partial charge in [-0.15, -0.1) is 12.4 Å². The first-order valence-corrected chi connectivity index (χ1v) is 4.83. The first-order valence-electron chi connectivity index (χ1n) is 4.83. The predicted octanol–water partition coefficient (Wildman–Crippen LogP) is 1.30. The van der Waals surface area contributed by atoms with Crippen LogP contribution in [0.15, 0.2) is 0 Å². The van der Waals surface area contributed by atoms with Gasteiger partial charge in [-0.1, -0.05) is 0 Å². The van der Waals surface area contributed by atoms with Gasteiger partial charge in [0.15, 0.2) is 5.79 Å². The molecule has 2 fully saturated rings. The van der Waals surface area contributed by atoms with Gasteiger partial charge in [0.25, 0.3) is 0 Å². The van der Waals surface area contributed by atoms with Crippen LogP contribution >= 0.6 is 12.4 Å². The molecule has 2 rings (SSSR count). The average molecular weight is 208 g/mol. The largest absolute Gasteiger partial charge is 0.348 e. The van der Waals surface area contributed by atoms with Crippen molar-refractivity contribution in [2.24, 2.45) is 11.7 Å². The molecule has 1 aliphatic carbocycles. The van der Waals surface area contributed by atoms with Crippen LogP contribution in [0.4, 0.5) is 0 Å². The summed E-state index contributed by atoms with van der Waals surface area (Å²) in [5.41, 5.74) is 5.64. The fraction of sp³-hybridized carbons (Fsp3) is 1.00. The molecule has 0 radical (unpaired) electrons. The summed E-state index contributed by atoms with van der Waals surface area (Å²) < 4.78 is 11.3. The third-order valence-corrected chi connectivity index (χ3v) is 2.92. The van der Waals surface area contributed by atoms with E-state index in [2.05, 4.69) is 0 Å². The van der Waals surface area contributed by atoms with E-state index in [4.69, 9.17) is 15.2 Å². The highest BCUT2D eigenvalue weighted by Crippen LogP contribution is 2.38. The molecule has 2 N–H and O–H groups in total. The minimum absolute atomic E-state index is 0. The molecule has 1 atom stereocenters. The van der Waals surface area contributed by atoms with Crippen molar-refractivity contribution in [1.29, 1.82) is 0 Å². The lowest BCUT2D eigenvalue weighted by Gasteiger charge is -2.35. The van der Waals surface area contributed by atoms with E-state index in [1.54, 1.807) is 0 Å². The fourth-order valence-corrected chi connectivity index (χ4v) is 2.26. The summed E-state index contributed by atoms with van der Waals surface area (Å²) in [4.78, 5) is 0. The number of ether oxygens (including phenoxy) is 2. The van der Waals surface area contributed by atoms with E-state index in [9.17, 15) is 0 Å². The minimum atomic E-state index is -0.234. The highest BCUT2D eigenvalue weighted by atomic mass is 35.5. The third kappa shape index (κ3) is 2.34. The van der Waals surface area contributed by atoms with E-state index in [-0.39, 0.29) is 18.2 Å². The Morgan fingerprint density at radius 1 is 1.31 bits per heavy atom. The lowest BCUT2D eigenvalue weighted by Crippen LogP contribution is -2.38. The molecule has 1 aliphatic heterocycles. The maximum Gasteiger partial charge on any atom is 0.168 e. The molecule has 4 heteroatoms. The quantitative estimate of drug-likeness (QED) is 0.705. The van der Waals surface area contributed by atoms with Crippen molar-refractivity contribution in [2.45, 2.75) is 31.5 Å². The molecule has 2 aliphatic rings. The van der Waals surface area contributed by atoms with Crippen LogP contribution in [0.5, 0.6) is 0 Å². The van der Waals surface area contributed by atoms with Gasteiger partial charge in [0.2, 0.25) is 0 Å². The zero-order valence-corrected chi connectivity index (χ0v) is 8.65. The third-order valence-electron chi connectivity index (χ3n) is 2.92. The summed E-state index contributed by atoms with van der Waals surface area (Å²) in [6, 6.07) is 0. The first kappa shape index (κ1) is 11.2. The molecule has 0 bridgehead atoms. The Labute approximate surface area is 85.4 Å². The Morgan fingerprint density at radius 2 is 2.00 bits per heavy atom. The Balaban J connectivity index is 0.000000845. The average Bonchev–Trinajstić information content (AvgIpc) is 2.53. The molecule has 1 saturated heterocycles. The molecule has 3 nitrogen and oxygen atoms in total. The van der Waals surface area contributed by atoms with Gasteiger partial charge in [0.1, 0.15) is 0 Å². The zero-order chi connectivity index (χ0) is 8.44. The summed E-state index contributed by atoms with van der Waals surface area (Å²) in [5, 5.41) is 0. The zero-order valence-electron chi connectivity index (χ0n) is 7.83. The Bertz CT molecular complexity index is 160. The van der Waals surface area contributed by atoms with Crippen molar-refractivity contribution in [1.82, 2.24) is 0 Å². The van der Waals surface area contributed by atoms with Gasteiger partial charge < -0.3 is 15.2 Å². The highest BCUT2D eigenvalue weighted by molar-refractivity contribution is 5.85. The van der Waals surface area contributed by atoms with Crippen molar-refractivity contribution in [3.8, 4) is 0 Å². The van der Waals surface area contributed by atoms with Gasteiger partial charge in [-0.2, -0.15) is 0 Å². The molecule has 78 valence electrons. The molecular weight excluding hydrogens is 190 g/mol. The number of hydrogen-bond donors (Lipinski definition) is 1. The van der Waals surface area contributed by atoms with Gasteiger partial charge in [0.05, 0.1) is 13.2 Å². The Morgan fingerprint density at radius 3 is 2.62 bits per heavy atom. The van der Waals surface area contributed by atoms with E-state index < -0.39 is 0 Å². The van der Waals surface area contributed by atoms with Crippen LogP contribution in [-0.4, -0.2) is 25.5 Å². The van der Waals surface area contributed by atoms with E-state index in [1.807, 2.05) is 0 Å². The molecule has 1 heterocycles. The summed E-state index contributed by atoms with van der Waals surface area (Å²) >= 11 is 0. The van der Waals surface area contributed by atoms with Crippen LogP contribution in [0.1, 0.15) is 25.7 Å². The molecule has 0 aromatic rings. The van der Waals surface area contributed by atoms with Crippen LogP contribution in [0.25, 0.3) is 0 Å². The first-order chi connectivity index (χ1) is 5.85. The van der Waals surface area contributed by atoms with E-state index in [0.717, 1.165) is 32.6 Å². The van der Waals surface area contributed by atoms with Crippen molar-refractivity contribution in [2.75, 3.05) is 19.8 Å². The lowest BCUT2D eigenvalue weighted by molar-refractivity contribution is -0.186. The monoisotopic (exact) mass is 207 g/mol. The second-order valence-corrected chi connectivity index (χ2v) is 3.81. The topological polar surface area (TPSA) is 44.5 Å². The molecule has 0 aromatic heterocycles. The summed E-state index contributed by atoms with van der Waals surface area (Å²) in [6.07, 6.45) is 4.50. The number of rotatable bonds is 1. The maximum atomic E-state index is 5.64. The predicted molar refractivity (Wildman–Crippen MR) is 52.9 cm³/mol. The van der Waals surface area contributed by atoms with Crippen molar-refractivity contribution < 1.29 is 9.47 Å². The number of hydrogen-bond acceptors (Lipinski definition) is 3. The van der Waals surface area contributed by atoms with Crippen molar-refractivity contribution >= 4 is 12.4 Å². The fourth-order valence-electron chi connectivity index (χ4n) is 2.26. The number of nitrogens with two attached hydrogens (primary N) is 1. The van der Waals surface area contributed by atoms with Crippen molar-refractivity contribution in [3.63, 3.8) is 0 Å². The molecule has 1 unspecified atom stereocenters. The Kier molecular flexibility index (Phi) is 3.98. The minimum Gasteiger partial charge on any atom is -0.348 e. The number of halogens is 1. The van der Waals surface area contributed by atoms with Gasteiger partial charge in [-0.3, -0.25) is 0 Å². The summed E-state index contributed by atoms with van der Waals surface area (Å²) in [5.74, 6) is 0.374. The smallest absolute Gasteiger partial charge is 0.168 e. The van der Waals surface area contributed by atoms with Gasteiger partial charge in [-0.05, 0) is 25.3 Å². The van der Waals surface area contributed by atoms with Gasteiger partial charge in [0, 0.05) is 12.8 Å². The van der Waals surface area contributed by atoms with Crippen LogP contribution in [0, 0.1) is 5.92 Å². The van der Waals surface area contributed by atoms with Crippen LogP contribution in [-0.2, 0) is 9.47 Å². The van der Waals surface area contributed by atoms with Crippen molar-refractivity contribution in [3.05, 3.63) is 0 Å². The molecule has 1 spiro atoms.